The number of ether oxygens (including phenoxy) is 2. The summed E-state index contributed by atoms with van der Waals surface area (Å²) in [5, 5.41) is 3.23. The van der Waals surface area contributed by atoms with Gasteiger partial charge in [-0.1, -0.05) is 36.4 Å². The fourth-order valence-electron chi connectivity index (χ4n) is 4.79. The number of carbonyl (C=O) groups excluding carboxylic acids is 1. The van der Waals surface area contributed by atoms with Gasteiger partial charge in [0.25, 0.3) is 0 Å². The van der Waals surface area contributed by atoms with Gasteiger partial charge in [0.1, 0.15) is 5.75 Å². The molecular weight excluding hydrogens is 452 g/mol. The number of imidazole rings is 1. The Morgan fingerprint density at radius 3 is 2.61 bits per heavy atom. The number of methoxy groups -OCH3 is 1. The van der Waals surface area contributed by atoms with Crippen molar-refractivity contribution in [2.75, 3.05) is 26.7 Å². The van der Waals surface area contributed by atoms with Gasteiger partial charge in [-0.15, -0.1) is 0 Å². The number of rotatable bonds is 9. The average Bonchev–Trinajstić information content (AvgIpc) is 3.28. The first-order chi connectivity index (χ1) is 17.4. The highest BCUT2D eigenvalue weighted by atomic mass is 16.5. The first-order valence-corrected chi connectivity index (χ1v) is 12.5. The van der Waals surface area contributed by atoms with Crippen molar-refractivity contribution < 1.29 is 14.3 Å². The molecule has 0 radical (unpaired) electrons. The summed E-state index contributed by atoms with van der Waals surface area (Å²) >= 11 is 0. The summed E-state index contributed by atoms with van der Waals surface area (Å²) in [6.45, 7) is 8.66. The zero-order valence-corrected chi connectivity index (χ0v) is 21.6. The number of hydrogen-bond acceptors (Lipinski definition) is 5. The van der Waals surface area contributed by atoms with E-state index in [1.54, 1.807) is 19.5 Å². The van der Waals surface area contributed by atoms with Gasteiger partial charge in [0.2, 0.25) is 5.91 Å². The van der Waals surface area contributed by atoms with Crippen molar-refractivity contribution in [2.45, 2.75) is 45.4 Å². The van der Waals surface area contributed by atoms with Gasteiger partial charge in [0, 0.05) is 37.9 Å². The number of nitrogens with one attached hydrogen (secondary N) is 1. The Hall–Kier alpha value is -3.42. The second-order valence-corrected chi connectivity index (χ2v) is 9.56. The Morgan fingerprint density at radius 2 is 1.94 bits per heavy atom. The average molecular weight is 489 g/mol. The van der Waals surface area contributed by atoms with E-state index in [-0.39, 0.29) is 24.2 Å². The van der Waals surface area contributed by atoms with E-state index in [9.17, 15) is 4.79 Å². The third kappa shape index (κ3) is 7.06. The van der Waals surface area contributed by atoms with Crippen LogP contribution in [-0.2, 0) is 16.0 Å². The molecule has 7 nitrogen and oxygen atoms in total. The van der Waals surface area contributed by atoms with E-state index in [2.05, 4.69) is 41.2 Å². The SMILES string of the molecule is COc1cc(C=CC(=O)N[C@H](Cc2ccccc2)CN2CC(C)OC(C)C2)ccc1-n1cnc(C)c1. The largest absolute Gasteiger partial charge is 0.495 e. The Labute approximate surface area is 213 Å². The summed E-state index contributed by atoms with van der Waals surface area (Å²) in [4.78, 5) is 19.6. The molecule has 36 heavy (non-hydrogen) atoms. The lowest BCUT2D eigenvalue weighted by Gasteiger charge is -2.37. The summed E-state index contributed by atoms with van der Waals surface area (Å²) in [5.74, 6) is 0.603. The third-order valence-electron chi connectivity index (χ3n) is 6.27. The maximum Gasteiger partial charge on any atom is 0.244 e. The zero-order chi connectivity index (χ0) is 25.5. The minimum atomic E-state index is -0.112. The highest BCUT2D eigenvalue weighted by molar-refractivity contribution is 5.92. The molecule has 1 aliphatic rings. The smallest absolute Gasteiger partial charge is 0.244 e. The summed E-state index contributed by atoms with van der Waals surface area (Å²) in [6.07, 6.45) is 8.27. The van der Waals surface area contributed by atoms with Gasteiger partial charge in [0.05, 0.1) is 37.0 Å². The van der Waals surface area contributed by atoms with Crippen LogP contribution in [0, 0.1) is 6.92 Å². The fourth-order valence-corrected chi connectivity index (χ4v) is 4.79. The van der Waals surface area contributed by atoms with Crippen LogP contribution in [0.2, 0.25) is 0 Å². The lowest BCUT2D eigenvalue weighted by Crippen LogP contribution is -2.51. The molecule has 1 aromatic heterocycles. The number of benzene rings is 2. The second-order valence-electron chi connectivity index (χ2n) is 9.56. The van der Waals surface area contributed by atoms with Gasteiger partial charge >= 0.3 is 0 Å². The van der Waals surface area contributed by atoms with Crippen LogP contribution in [0.3, 0.4) is 0 Å². The molecule has 0 saturated carbocycles. The van der Waals surface area contributed by atoms with E-state index in [1.165, 1.54) is 5.56 Å². The van der Waals surface area contributed by atoms with Crippen LogP contribution in [0.4, 0.5) is 0 Å². The summed E-state index contributed by atoms with van der Waals surface area (Å²) in [6, 6.07) is 16.1. The van der Waals surface area contributed by atoms with Crippen molar-refractivity contribution in [3.63, 3.8) is 0 Å². The van der Waals surface area contributed by atoms with Crippen molar-refractivity contribution in [1.82, 2.24) is 19.8 Å². The number of amides is 1. The minimum Gasteiger partial charge on any atom is -0.495 e. The minimum absolute atomic E-state index is 0.0107. The van der Waals surface area contributed by atoms with Crippen molar-refractivity contribution in [1.29, 1.82) is 0 Å². The number of carbonyl (C=O) groups is 1. The molecule has 2 aromatic carbocycles. The normalized spacial score (nSPS) is 19.3. The maximum atomic E-state index is 12.9. The molecule has 7 heteroatoms. The first-order valence-electron chi connectivity index (χ1n) is 12.5. The molecular formula is C29H36N4O3. The van der Waals surface area contributed by atoms with Gasteiger partial charge in [-0.05, 0) is 56.5 Å². The first kappa shape index (κ1) is 25.7. The summed E-state index contributed by atoms with van der Waals surface area (Å²) in [7, 11) is 1.64. The quantitative estimate of drug-likeness (QED) is 0.461. The van der Waals surface area contributed by atoms with E-state index in [0.29, 0.717) is 5.75 Å². The molecule has 1 amide bonds. The van der Waals surface area contributed by atoms with Crippen LogP contribution in [0.15, 0.2) is 67.1 Å². The van der Waals surface area contributed by atoms with E-state index >= 15 is 0 Å². The van der Waals surface area contributed by atoms with Crippen LogP contribution < -0.4 is 10.1 Å². The van der Waals surface area contributed by atoms with Crippen LogP contribution in [0.5, 0.6) is 5.75 Å². The number of aromatic nitrogens is 2. The van der Waals surface area contributed by atoms with Crippen LogP contribution in [0.1, 0.15) is 30.7 Å². The molecule has 2 unspecified atom stereocenters. The van der Waals surface area contributed by atoms with Crippen LogP contribution in [-0.4, -0.2) is 65.4 Å². The highest BCUT2D eigenvalue weighted by Crippen LogP contribution is 2.25. The molecule has 2 heterocycles. The van der Waals surface area contributed by atoms with Crippen molar-refractivity contribution in [3.8, 4) is 11.4 Å². The van der Waals surface area contributed by atoms with Crippen molar-refractivity contribution in [3.05, 3.63) is 84.0 Å². The molecule has 3 atom stereocenters. The topological polar surface area (TPSA) is 68.6 Å². The van der Waals surface area contributed by atoms with E-state index in [1.807, 2.05) is 60.2 Å². The fraction of sp³-hybridized carbons (Fsp3) is 0.379. The van der Waals surface area contributed by atoms with Crippen LogP contribution >= 0.6 is 0 Å². The Kier molecular flexibility index (Phi) is 8.57. The second kappa shape index (κ2) is 12.0. The Bertz CT molecular complexity index is 1160. The molecule has 1 fully saturated rings. The van der Waals surface area contributed by atoms with Gasteiger partial charge in [-0.25, -0.2) is 4.98 Å². The molecule has 1 aliphatic heterocycles. The Morgan fingerprint density at radius 1 is 1.19 bits per heavy atom. The highest BCUT2D eigenvalue weighted by Gasteiger charge is 2.25. The monoisotopic (exact) mass is 488 g/mol. The van der Waals surface area contributed by atoms with E-state index < -0.39 is 0 Å². The standard InChI is InChI=1S/C29H36N4O3/c1-21-16-33(20-30-21)27-12-10-25(15-28(27)35-4)11-13-29(34)31-26(14-24-8-6-5-7-9-24)19-32-17-22(2)36-23(3)18-32/h5-13,15-16,20,22-23,26H,14,17-19H2,1-4H3,(H,31,34)/t22?,23?,26-/m1/s1. The van der Waals surface area contributed by atoms with Crippen molar-refractivity contribution >= 4 is 12.0 Å². The van der Waals surface area contributed by atoms with Crippen molar-refractivity contribution in [2.24, 2.45) is 0 Å². The molecule has 190 valence electrons. The lowest BCUT2D eigenvalue weighted by atomic mass is 10.0. The lowest BCUT2D eigenvalue weighted by molar-refractivity contribution is -0.117. The molecule has 0 bridgehead atoms. The van der Waals surface area contributed by atoms with Gasteiger partial charge in [-0.2, -0.15) is 0 Å². The van der Waals surface area contributed by atoms with Gasteiger partial charge < -0.3 is 19.4 Å². The van der Waals surface area contributed by atoms with Crippen LogP contribution in [0.25, 0.3) is 11.8 Å². The molecule has 4 rings (SSSR count). The third-order valence-corrected chi connectivity index (χ3v) is 6.27. The Balaban J connectivity index is 1.44. The number of aryl methyl sites for hydroxylation is 1. The molecule has 3 aromatic rings. The number of nitrogens with zero attached hydrogens (tertiary/aromatic N) is 3. The van der Waals surface area contributed by atoms with E-state index in [0.717, 1.165) is 43.0 Å². The van der Waals surface area contributed by atoms with Gasteiger partial charge in [0.15, 0.2) is 0 Å². The predicted octanol–water partition coefficient (Wildman–Crippen LogP) is 4.04. The number of hydrogen-bond donors (Lipinski definition) is 1. The maximum absolute atomic E-state index is 12.9. The predicted molar refractivity (Wildman–Crippen MR) is 142 cm³/mol. The van der Waals surface area contributed by atoms with Gasteiger partial charge in [-0.3, -0.25) is 9.69 Å². The molecule has 1 saturated heterocycles. The van der Waals surface area contributed by atoms with E-state index in [4.69, 9.17) is 9.47 Å². The molecule has 0 spiro atoms. The zero-order valence-electron chi connectivity index (χ0n) is 21.6. The number of morpholine rings is 1. The summed E-state index contributed by atoms with van der Waals surface area (Å²) < 4.78 is 13.4. The molecule has 1 N–H and O–H groups in total. The molecule has 0 aliphatic carbocycles. The summed E-state index contributed by atoms with van der Waals surface area (Å²) in [5.41, 5.74) is 3.93.